The van der Waals surface area contributed by atoms with E-state index in [0.717, 1.165) is 0 Å². The Hall–Kier alpha value is -1.31. The van der Waals surface area contributed by atoms with Crippen LogP contribution >= 0.6 is 0 Å². The fraction of sp³-hybridized carbons (Fsp3) is 0.897. The molecular formula is C29H49NO18. The minimum absolute atomic E-state index is 0.0237. The number of nitrogens with one attached hydrogen (secondary N) is 1. The SMILES string of the molecule is CC(=O)CC[C@@H]1O[C@H](CO)[C@@H](O[C@@H]2O[C@H](CO)[C@@H](O[C@@H]3O[C@H](C)[C@@H](N[C@@H]4C=C(CO)[C@@H](O)[C@H](O)[C@@H]4O)[C@H](O)[C@@H]3O)[C@H](O)[C@@H]2O)[C@H](O)[C@@H]1O. The zero-order chi connectivity index (χ0) is 35.6. The van der Waals surface area contributed by atoms with Crippen molar-refractivity contribution in [1.29, 1.82) is 0 Å². The zero-order valence-electron chi connectivity index (χ0n) is 26.4. The Labute approximate surface area is 275 Å². The van der Waals surface area contributed by atoms with Gasteiger partial charge in [-0.15, -0.1) is 0 Å². The van der Waals surface area contributed by atoms with E-state index in [1.165, 1.54) is 19.9 Å². The van der Waals surface area contributed by atoms with Gasteiger partial charge in [-0.2, -0.15) is 0 Å². The van der Waals surface area contributed by atoms with Crippen LogP contribution in [0.5, 0.6) is 0 Å². The van der Waals surface area contributed by atoms with E-state index < -0.39 is 136 Å². The highest BCUT2D eigenvalue weighted by Gasteiger charge is 2.53. The molecule has 1 aliphatic carbocycles. The van der Waals surface area contributed by atoms with Crippen LogP contribution in [0.2, 0.25) is 0 Å². The molecule has 19 nitrogen and oxygen atoms in total. The van der Waals surface area contributed by atoms with Crippen molar-refractivity contribution in [2.24, 2.45) is 0 Å². The number of aliphatic hydroxyl groups is 12. The lowest BCUT2D eigenvalue weighted by Gasteiger charge is -2.49. The summed E-state index contributed by atoms with van der Waals surface area (Å²) in [6, 6.07) is -2.17. The Morgan fingerprint density at radius 2 is 1.25 bits per heavy atom. The van der Waals surface area contributed by atoms with Crippen molar-refractivity contribution in [3.8, 4) is 0 Å². The second kappa shape index (κ2) is 16.8. The van der Waals surface area contributed by atoms with Gasteiger partial charge < -0.3 is 95.1 Å². The summed E-state index contributed by atoms with van der Waals surface area (Å²) in [6.07, 6.45) is -25.0. The predicted octanol–water partition coefficient (Wildman–Crippen LogP) is -7.15. The topological polar surface area (TPSA) is 318 Å². The van der Waals surface area contributed by atoms with Gasteiger partial charge in [-0.25, -0.2) is 0 Å². The molecule has 4 aliphatic rings. The van der Waals surface area contributed by atoms with Gasteiger partial charge in [0, 0.05) is 6.42 Å². The first-order valence-electron chi connectivity index (χ1n) is 15.8. The van der Waals surface area contributed by atoms with E-state index in [-0.39, 0.29) is 24.2 Å². The number of ether oxygens (including phenoxy) is 5. The van der Waals surface area contributed by atoms with Gasteiger partial charge in [0.25, 0.3) is 0 Å². The first kappa shape index (κ1) is 39.5. The number of rotatable bonds is 12. The van der Waals surface area contributed by atoms with E-state index in [4.69, 9.17) is 23.7 Å². The molecule has 3 saturated heterocycles. The largest absolute Gasteiger partial charge is 0.394 e. The van der Waals surface area contributed by atoms with E-state index in [9.17, 15) is 66.1 Å². The molecule has 0 radical (unpaired) electrons. The summed E-state index contributed by atoms with van der Waals surface area (Å²) in [5.41, 5.74) is 0.0237. The number of aliphatic hydroxyl groups excluding tert-OH is 12. The Bertz CT molecular complexity index is 1080. The molecule has 3 aliphatic heterocycles. The molecule has 0 aromatic heterocycles. The summed E-state index contributed by atoms with van der Waals surface area (Å²) in [6.45, 7) is 0.690. The van der Waals surface area contributed by atoms with Crippen molar-refractivity contribution in [2.75, 3.05) is 19.8 Å². The normalized spacial score (nSPS) is 48.6. The third-order valence-electron chi connectivity index (χ3n) is 9.38. The van der Waals surface area contributed by atoms with Crippen molar-refractivity contribution in [2.45, 2.75) is 143 Å². The Morgan fingerprint density at radius 3 is 1.81 bits per heavy atom. The van der Waals surface area contributed by atoms with Gasteiger partial charge in [0.05, 0.1) is 44.1 Å². The molecule has 0 amide bonds. The highest BCUT2D eigenvalue weighted by atomic mass is 16.7. The van der Waals surface area contributed by atoms with Gasteiger partial charge in [-0.05, 0) is 25.8 Å². The highest BCUT2D eigenvalue weighted by Crippen LogP contribution is 2.33. The van der Waals surface area contributed by atoms with Crippen LogP contribution < -0.4 is 5.32 Å². The first-order chi connectivity index (χ1) is 22.6. The van der Waals surface area contributed by atoms with E-state index in [2.05, 4.69) is 5.32 Å². The van der Waals surface area contributed by atoms with E-state index in [0.29, 0.717) is 0 Å². The predicted molar refractivity (Wildman–Crippen MR) is 155 cm³/mol. The maximum Gasteiger partial charge on any atom is 0.187 e. The second-order valence-electron chi connectivity index (χ2n) is 12.8. The molecule has 19 atom stereocenters. The van der Waals surface area contributed by atoms with E-state index in [1.807, 2.05) is 0 Å². The average Bonchev–Trinajstić information content (AvgIpc) is 3.06. The standard InChI is InChI=1S/C29H49NO18/c1-9(34)3-4-13-19(37)22(40)26(14(7-32)45-13)48-29-25(43)23(41)27(15(8-33)46-29)47-28-24(42)20(38)16(10(2)44-28)30-12-5-11(6-31)17(35)21(39)18(12)36/h5,10,12-33,35-43H,3-4,6-8H2,1-2H3/t10-,12-,13+,14-,15-,16-,17-,18-,19-,20+,21+,22-,23-,24+,25+,26-,27-,28+,29+/m1/s1. The Balaban J connectivity index is 1.41. The molecule has 4 rings (SSSR count). The fourth-order valence-electron chi connectivity index (χ4n) is 6.49. The number of ketones is 1. The van der Waals surface area contributed by atoms with Crippen LogP contribution in [0.4, 0.5) is 0 Å². The fourth-order valence-corrected chi connectivity index (χ4v) is 6.49. The molecule has 48 heavy (non-hydrogen) atoms. The number of carbonyl (C=O) groups is 1. The molecule has 0 saturated carbocycles. The van der Waals surface area contributed by atoms with Crippen LogP contribution in [0.15, 0.2) is 11.6 Å². The molecule has 0 aromatic rings. The first-order valence-corrected chi connectivity index (χ1v) is 15.8. The van der Waals surface area contributed by atoms with Crippen LogP contribution in [0.25, 0.3) is 0 Å². The molecular weight excluding hydrogens is 650 g/mol. The number of Topliss-reactive ketones (excluding diaryl/α,β-unsaturated/α-hetero) is 1. The molecule has 13 N–H and O–H groups in total. The average molecular weight is 700 g/mol. The molecule has 3 fully saturated rings. The summed E-state index contributed by atoms with van der Waals surface area (Å²) in [7, 11) is 0. The van der Waals surface area contributed by atoms with Crippen LogP contribution in [0, 0.1) is 0 Å². The zero-order valence-corrected chi connectivity index (χ0v) is 26.4. The Morgan fingerprint density at radius 1 is 0.708 bits per heavy atom. The molecule has 0 bridgehead atoms. The highest BCUT2D eigenvalue weighted by molar-refractivity contribution is 5.75. The number of hydrogen-bond acceptors (Lipinski definition) is 19. The molecule has 0 unspecified atom stereocenters. The molecule has 0 spiro atoms. The van der Waals surface area contributed by atoms with E-state index in [1.54, 1.807) is 0 Å². The van der Waals surface area contributed by atoms with Gasteiger partial charge in [0.1, 0.15) is 85.1 Å². The third-order valence-corrected chi connectivity index (χ3v) is 9.38. The summed E-state index contributed by atoms with van der Waals surface area (Å²) in [5, 5.41) is 128. The molecule has 3 heterocycles. The van der Waals surface area contributed by atoms with Crippen molar-refractivity contribution in [1.82, 2.24) is 5.32 Å². The summed E-state index contributed by atoms with van der Waals surface area (Å²) < 4.78 is 28.4. The van der Waals surface area contributed by atoms with Gasteiger partial charge in [0.2, 0.25) is 0 Å². The maximum absolute atomic E-state index is 11.4. The van der Waals surface area contributed by atoms with E-state index >= 15 is 0 Å². The molecule has 0 aromatic carbocycles. The van der Waals surface area contributed by atoms with Gasteiger partial charge in [-0.3, -0.25) is 0 Å². The third kappa shape index (κ3) is 8.25. The summed E-state index contributed by atoms with van der Waals surface area (Å²) in [5.74, 6) is -0.179. The van der Waals surface area contributed by atoms with Gasteiger partial charge >= 0.3 is 0 Å². The number of carbonyl (C=O) groups excluding carboxylic acids is 1. The van der Waals surface area contributed by atoms with Crippen LogP contribution in [-0.4, -0.2) is 203 Å². The van der Waals surface area contributed by atoms with Gasteiger partial charge in [0.15, 0.2) is 12.6 Å². The van der Waals surface area contributed by atoms with Crippen LogP contribution in [-0.2, 0) is 28.5 Å². The minimum atomic E-state index is -1.92. The minimum Gasteiger partial charge on any atom is -0.394 e. The Kier molecular flexibility index (Phi) is 13.8. The van der Waals surface area contributed by atoms with Gasteiger partial charge in [-0.1, -0.05) is 6.08 Å². The summed E-state index contributed by atoms with van der Waals surface area (Å²) in [4.78, 5) is 11.4. The van der Waals surface area contributed by atoms with Crippen LogP contribution in [0.3, 0.4) is 0 Å². The monoisotopic (exact) mass is 699 g/mol. The van der Waals surface area contributed by atoms with Crippen LogP contribution in [0.1, 0.15) is 26.7 Å². The van der Waals surface area contributed by atoms with Crippen molar-refractivity contribution in [3.05, 3.63) is 11.6 Å². The molecule has 278 valence electrons. The maximum atomic E-state index is 11.4. The second-order valence-corrected chi connectivity index (χ2v) is 12.8. The smallest absolute Gasteiger partial charge is 0.187 e. The lowest BCUT2D eigenvalue weighted by Crippen LogP contribution is -2.68. The molecule has 19 heteroatoms. The summed E-state index contributed by atoms with van der Waals surface area (Å²) >= 11 is 0. The quantitative estimate of drug-likeness (QED) is 0.0842. The number of hydrogen-bond donors (Lipinski definition) is 13. The van der Waals surface area contributed by atoms with Crippen molar-refractivity contribution in [3.63, 3.8) is 0 Å². The van der Waals surface area contributed by atoms with Crippen molar-refractivity contribution >= 4 is 5.78 Å². The lowest BCUT2D eigenvalue weighted by molar-refractivity contribution is -0.368. The van der Waals surface area contributed by atoms with Crippen molar-refractivity contribution < 1.29 is 89.8 Å². The lowest BCUT2D eigenvalue weighted by atomic mass is 9.86.